The Bertz CT molecular complexity index is 501. The van der Waals surface area contributed by atoms with Crippen LogP contribution in [-0.2, 0) is 20.9 Å². The zero-order valence-electron chi connectivity index (χ0n) is 14.3. The first-order chi connectivity index (χ1) is 11.3. The zero-order chi connectivity index (χ0) is 18.0. The van der Waals surface area contributed by atoms with Gasteiger partial charge in [0.05, 0.1) is 12.1 Å². The van der Waals surface area contributed by atoms with E-state index in [0.717, 1.165) is 5.56 Å². The number of aliphatic hydroxyl groups is 1. The van der Waals surface area contributed by atoms with Crippen molar-refractivity contribution in [3.05, 3.63) is 35.9 Å². The molecule has 0 aliphatic carbocycles. The summed E-state index contributed by atoms with van der Waals surface area (Å²) in [5, 5.41) is 15.0. The number of rotatable bonds is 4. The predicted octanol–water partition coefficient (Wildman–Crippen LogP) is 1.20. The summed E-state index contributed by atoms with van der Waals surface area (Å²) in [4.78, 5) is 21.0. The highest BCUT2D eigenvalue weighted by molar-refractivity contribution is 5.68. The second kappa shape index (κ2) is 9.89. The van der Waals surface area contributed by atoms with E-state index in [0.29, 0.717) is 26.2 Å². The molecule has 3 N–H and O–H groups in total. The number of ether oxygens (including phenoxy) is 2. The Morgan fingerprint density at radius 1 is 1.33 bits per heavy atom. The molecule has 7 nitrogen and oxygen atoms in total. The Hall–Kier alpha value is -2.12. The summed E-state index contributed by atoms with van der Waals surface area (Å²) < 4.78 is 9.60. The van der Waals surface area contributed by atoms with Gasteiger partial charge in [-0.3, -0.25) is 4.79 Å². The summed E-state index contributed by atoms with van der Waals surface area (Å²) >= 11 is 0. The standard InChI is InChI=1S/C9H18N2O3.C8H8O2/c1-9(2,3)14-8(13)11-6-4-10-5-7(6)12;9-7-10-6-8-4-2-1-3-5-8/h6-7,10,12H,4-5H2,1-3H3,(H,11,13);1-5,7H,6H2. The van der Waals surface area contributed by atoms with Crippen LogP contribution in [0.5, 0.6) is 0 Å². The molecule has 2 rings (SSSR count). The molecule has 0 bridgehead atoms. The number of benzene rings is 1. The van der Waals surface area contributed by atoms with Gasteiger partial charge in [0.1, 0.15) is 12.2 Å². The molecule has 2 atom stereocenters. The van der Waals surface area contributed by atoms with E-state index in [1.807, 2.05) is 30.3 Å². The van der Waals surface area contributed by atoms with Crippen molar-refractivity contribution in [1.82, 2.24) is 10.6 Å². The quantitative estimate of drug-likeness (QED) is 0.714. The van der Waals surface area contributed by atoms with Crippen molar-refractivity contribution in [3.8, 4) is 0 Å². The molecule has 1 aliphatic heterocycles. The molecule has 1 amide bonds. The molecular formula is C17H26N2O5. The summed E-state index contributed by atoms with van der Waals surface area (Å²) in [5.41, 5.74) is 0.510. The van der Waals surface area contributed by atoms with Crippen molar-refractivity contribution in [1.29, 1.82) is 0 Å². The van der Waals surface area contributed by atoms with E-state index >= 15 is 0 Å². The molecule has 134 valence electrons. The maximum absolute atomic E-state index is 11.3. The molecule has 0 radical (unpaired) electrons. The summed E-state index contributed by atoms with van der Waals surface area (Å²) in [5.74, 6) is 0. The van der Waals surface area contributed by atoms with Crippen LogP contribution >= 0.6 is 0 Å². The van der Waals surface area contributed by atoms with E-state index in [9.17, 15) is 14.7 Å². The summed E-state index contributed by atoms with van der Waals surface area (Å²) in [6.07, 6.45) is -1.01. The van der Waals surface area contributed by atoms with Crippen LogP contribution in [0.3, 0.4) is 0 Å². The lowest BCUT2D eigenvalue weighted by Crippen LogP contribution is -2.45. The zero-order valence-corrected chi connectivity index (χ0v) is 14.3. The number of nitrogens with one attached hydrogen (secondary N) is 2. The number of hydrogen-bond acceptors (Lipinski definition) is 6. The Kier molecular flexibility index (Phi) is 8.21. The molecule has 24 heavy (non-hydrogen) atoms. The van der Waals surface area contributed by atoms with Gasteiger partial charge >= 0.3 is 6.09 Å². The van der Waals surface area contributed by atoms with Crippen LogP contribution < -0.4 is 10.6 Å². The molecule has 2 unspecified atom stereocenters. The largest absolute Gasteiger partial charge is 0.463 e. The fourth-order valence-electron chi connectivity index (χ4n) is 1.98. The van der Waals surface area contributed by atoms with E-state index in [2.05, 4.69) is 15.4 Å². The van der Waals surface area contributed by atoms with E-state index in [4.69, 9.17) is 4.74 Å². The molecule has 0 aromatic heterocycles. The van der Waals surface area contributed by atoms with Crippen LogP contribution in [0.1, 0.15) is 26.3 Å². The maximum Gasteiger partial charge on any atom is 0.408 e. The van der Waals surface area contributed by atoms with Gasteiger partial charge in [-0.25, -0.2) is 4.79 Å². The smallest absolute Gasteiger partial charge is 0.408 e. The van der Waals surface area contributed by atoms with Crippen LogP contribution in [0.2, 0.25) is 0 Å². The van der Waals surface area contributed by atoms with Gasteiger partial charge in [-0.2, -0.15) is 0 Å². The summed E-state index contributed by atoms with van der Waals surface area (Å²) in [6.45, 7) is 7.32. The molecule has 1 aromatic carbocycles. The monoisotopic (exact) mass is 338 g/mol. The minimum absolute atomic E-state index is 0.246. The minimum Gasteiger partial charge on any atom is -0.463 e. The molecule has 1 fully saturated rings. The molecule has 0 saturated carbocycles. The molecule has 1 heterocycles. The van der Waals surface area contributed by atoms with Gasteiger partial charge in [-0.05, 0) is 26.3 Å². The minimum atomic E-state index is -0.525. The van der Waals surface area contributed by atoms with Crippen molar-refractivity contribution >= 4 is 12.6 Å². The van der Waals surface area contributed by atoms with E-state index in [1.54, 1.807) is 20.8 Å². The highest BCUT2D eigenvalue weighted by Gasteiger charge is 2.28. The van der Waals surface area contributed by atoms with Crippen LogP contribution in [-0.4, -0.2) is 48.5 Å². The molecule has 0 spiro atoms. The van der Waals surface area contributed by atoms with Crippen molar-refractivity contribution in [3.63, 3.8) is 0 Å². The third-order valence-corrected chi connectivity index (χ3v) is 3.05. The first-order valence-electron chi connectivity index (χ1n) is 7.79. The molecule has 1 aromatic rings. The van der Waals surface area contributed by atoms with Gasteiger partial charge in [-0.1, -0.05) is 30.3 Å². The lowest BCUT2D eigenvalue weighted by Gasteiger charge is -2.22. The van der Waals surface area contributed by atoms with Gasteiger partial charge in [0.25, 0.3) is 6.47 Å². The first-order valence-corrected chi connectivity index (χ1v) is 7.79. The Morgan fingerprint density at radius 3 is 2.50 bits per heavy atom. The number of carbonyl (C=O) groups excluding carboxylic acids is 2. The Balaban J connectivity index is 0.000000254. The van der Waals surface area contributed by atoms with Crippen LogP contribution in [0.25, 0.3) is 0 Å². The molecular weight excluding hydrogens is 312 g/mol. The van der Waals surface area contributed by atoms with Gasteiger partial charge in [0, 0.05) is 13.1 Å². The van der Waals surface area contributed by atoms with Crippen LogP contribution in [0, 0.1) is 0 Å². The highest BCUT2D eigenvalue weighted by Crippen LogP contribution is 2.08. The number of carbonyl (C=O) groups is 2. The van der Waals surface area contributed by atoms with Crippen molar-refractivity contribution in [2.24, 2.45) is 0 Å². The topological polar surface area (TPSA) is 96.9 Å². The maximum atomic E-state index is 11.3. The highest BCUT2D eigenvalue weighted by atomic mass is 16.6. The van der Waals surface area contributed by atoms with E-state index in [1.165, 1.54) is 0 Å². The normalized spacial score (nSPS) is 19.7. The van der Waals surface area contributed by atoms with Crippen molar-refractivity contribution in [2.45, 2.75) is 45.1 Å². The Morgan fingerprint density at radius 2 is 2.00 bits per heavy atom. The lowest BCUT2D eigenvalue weighted by atomic mass is 10.2. The second-order valence-electron chi connectivity index (χ2n) is 6.37. The number of β-amino-alcohol motifs (C(OH)–C–C–N with tert-alkyl or cyclic N) is 1. The summed E-state index contributed by atoms with van der Waals surface area (Å²) in [7, 11) is 0. The number of hydrogen-bond donors (Lipinski definition) is 3. The fraction of sp³-hybridized carbons (Fsp3) is 0.529. The predicted molar refractivity (Wildman–Crippen MR) is 89.3 cm³/mol. The van der Waals surface area contributed by atoms with Gasteiger partial charge in [0.2, 0.25) is 0 Å². The SMILES string of the molecule is CC(C)(C)OC(=O)NC1CNCC1O.O=COCc1ccccc1. The van der Waals surface area contributed by atoms with Gasteiger partial charge in [0.15, 0.2) is 0 Å². The average Bonchev–Trinajstić information content (AvgIpc) is 2.90. The van der Waals surface area contributed by atoms with E-state index in [-0.39, 0.29) is 6.04 Å². The third kappa shape index (κ3) is 8.50. The molecule has 1 saturated heterocycles. The molecule has 1 aliphatic rings. The average molecular weight is 338 g/mol. The van der Waals surface area contributed by atoms with Crippen molar-refractivity contribution in [2.75, 3.05) is 13.1 Å². The lowest BCUT2D eigenvalue weighted by molar-refractivity contribution is -0.129. The van der Waals surface area contributed by atoms with Gasteiger partial charge < -0.3 is 25.2 Å². The van der Waals surface area contributed by atoms with Crippen LogP contribution in [0.15, 0.2) is 30.3 Å². The Labute approximate surface area is 142 Å². The van der Waals surface area contributed by atoms with Gasteiger partial charge in [-0.15, -0.1) is 0 Å². The first kappa shape index (κ1) is 19.9. The van der Waals surface area contributed by atoms with Crippen LogP contribution in [0.4, 0.5) is 4.79 Å². The third-order valence-electron chi connectivity index (χ3n) is 3.05. The number of aliphatic hydroxyl groups excluding tert-OH is 1. The number of alkyl carbamates (subject to hydrolysis) is 1. The van der Waals surface area contributed by atoms with Crippen molar-refractivity contribution < 1.29 is 24.2 Å². The number of amides is 1. The van der Waals surface area contributed by atoms with E-state index < -0.39 is 17.8 Å². The fourth-order valence-corrected chi connectivity index (χ4v) is 1.98. The second-order valence-corrected chi connectivity index (χ2v) is 6.37. The summed E-state index contributed by atoms with van der Waals surface area (Å²) in [6, 6.07) is 9.30. The molecule has 7 heteroatoms.